The van der Waals surface area contributed by atoms with Gasteiger partial charge in [-0.1, -0.05) is 13.8 Å². The predicted octanol–water partition coefficient (Wildman–Crippen LogP) is 0.291. The van der Waals surface area contributed by atoms with Gasteiger partial charge in [-0.15, -0.1) is 0 Å². The smallest absolute Gasteiger partial charge is 0.336 e. The van der Waals surface area contributed by atoms with E-state index in [1.807, 2.05) is 0 Å². The Balaban J connectivity index is 1.35. The summed E-state index contributed by atoms with van der Waals surface area (Å²) in [5.74, 6) is -7.06. The van der Waals surface area contributed by atoms with Gasteiger partial charge in [0.25, 0.3) is 5.91 Å². The zero-order valence-electron chi connectivity index (χ0n) is 26.6. The number of amides is 1. The van der Waals surface area contributed by atoms with E-state index in [9.17, 15) is 39.3 Å². The number of anilines is 1. The number of rotatable bonds is 14. The van der Waals surface area contributed by atoms with Gasteiger partial charge in [0.2, 0.25) is 5.88 Å². The summed E-state index contributed by atoms with van der Waals surface area (Å²) in [6.07, 6.45) is 2.30. The van der Waals surface area contributed by atoms with Gasteiger partial charge in [0.15, 0.2) is 28.6 Å². The first-order chi connectivity index (χ1) is 23.7. The minimum atomic E-state index is -1.47. The van der Waals surface area contributed by atoms with Crippen LogP contribution in [0.25, 0.3) is 5.88 Å². The number of aromatic nitrogens is 2. The van der Waals surface area contributed by atoms with Crippen molar-refractivity contribution in [1.29, 1.82) is 0 Å². The third-order valence-corrected chi connectivity index (χ3v) is 7.08. The molecule has 0 aliphatic carbocycles. The maximum Gasteiger partial charge on any atom is 0.336 e. The third kappa shape index (κ3) is 9.07. The Kier molecular flexibility index (Phi) is 11.6. The van der Waals surface area contributed by atoms with Crippen LogP contribution in [0.15, 0.2) is 65.9 Å². The standard InChI is InChI=1S/C32H33N7O11/c1-16(2)25-21(9-8-20(40)27(25)50-24(44)12-10-22(41)42)49-23(43)11-7-19(31(47)48)37-29(45)17-3-5-18(6-4-17)36-15-39-30(46)26-28(38-32(39)33)35-14-13-34-26/h3-6,8-10,12-14,16,19,32,36,40,46H,7,11,15,33H2,1-2H3,(H,37,45)(H,41,42)(H,47,48)/b12-10+. The van der Waals surface area contributed by atoms with E-state index in [0.717, 1.165) is 6.07 Å². The number of nitrogens with zero attached hydrogens (tertiary/aromatic N) is 4. The molecule has 2 unspecified atom stereocenters. The quantitative estimate of drug-likeness (QED) is 0.0680. The van der Waals surface area contributed by atoms with E-state index in [1.165, 1.54) is 35.5 Å². The minimum absolute atomic E-state index is 0.0225. The molecule has 0 saturated heterocycles. The fourth-order valence-corrected chi connectivity index (χ4v) is 4.65. The number of fused-ring (bicyclic) bond motifs is 1. The van der Waals surface area contributed by atoms with Crippen molar-refractivity contribution in [3.05, 3.63) is 82.9 Å². The summed E-state index contributed by atoms with van der Waals surface area (Å²) in [5, 5.41) is 44.9. The number of carboxylic acid groups (broad SMARTS) is 2. The molecule has 2 atom stereocenters. The second kappa shape index (κ2) is 16.0. The number of aromatic hydroxyl groups is 1. The van der Waals surface area contributed by atoms with Crippen LogP contribution in [0.4, 0.5) is 5.69 Å². The van der Waals surface area contributed by atoms with Gasteiger partial charge in [-0.05, 0) is 48.7 Å². The van der Waals surface area contributed by atoms with E-state index in [4.69, 9.17) is 20.3 Å². The second-order valence-corrected chi connectivity index (χ2v) is 10.9. The van der Waals surface area contributed by atoms with Gasteiger partial charge in [-0.2, -0.15) is 0 Å². The van der Waals surface area contributed by atoms with Gasteiger partial charge in [-0.25, -0.2) is 29.3 Å². The maximum atomic E-state index is 12.9. The number of aliphatic hydroxyl groups excluding tert-OH is 1. The fourth-order valence-electron chi connectivity index (χ4n) is 4.65. The molecule has 8 N–H and O–H groups in total. The van der Waals surface area contributed by atoms with Crippen molar-refractivity contribution in [3.63, 3.8) is 0 Å². The summed E-state index contributed by atoms with van der Waals surface area (Å²) in [7, 11) is 0. The van der Waals surface area contributed by atoms with Gasteiger partial charge in [0, 0.05) is 47.8 Å². The molecule has 0 radical (unpaired) electrons. The largest absolute Gasteiger partial charge is 0.504 e. The first kappa shape index (κ1) is 36.3. The van der Waals surface area contributed by atoms with E-state index in [0.29, 0.717) is 17.8 Å². The molecule has 0 saturated carbocycles. The molecule has 1 aromatic heterocycles. The summed E-state index contributed by atoms with van der Waals surface area (Å²) in [5.41, 5.74) is 7.02. The fraction of sp³-hybridized carbons (Fsp3) is 0.250. The molecular formula is C32H33N7O11. The molecule has 3 aromatic rings. The van der Waals surface area contributed by atoms with Gasteiger partial charge in [0.1, 0.15) is 11.8 Å². The van der Waals surface area contributed by atoms with Crippen molar-refractivity contribution in [2.24, 2.45) is 10.7 Å². The minimum Gasteiger partial charge on any atom is -0.504 e. The number of aliphatic carboxylic acids is 2. The lowest BCUT2D eigenvalue weighted by molar-refractivity contribution is -0.140. The normalized spacial score (nSPS) is 14.4. The number of nitrogens with two attached hydrogens (primary N) is 1. The number of hydrogen-bond acceptors (Lipinski definition) is 15. The van der Waals surface area contributed by atoms with E-state index in [2.05, 4.69) is 25.6 Å². The molecule has 2 heterocycles. The monoisotopic (exact) mass is 691 g/mol. The Bertz CT molecular complexity index is 1950. The number of nitrogens with one attached hydrogen (secondary N) is 2. The Morgan fingerprint density at radius 1 is 0.980 bits per heavy atom. The second-order valence-electron chi connectivity index (χ2n) is 10.9. The molecule has 0 bridgehead atoms. The molecule has 50 heavy (non-hydrogen) atoms. The first-order valence-corrected chi connectivity index (χ1v) is 14.9. The molecule has 1 aliphatic rings. The molecule has 0 spiro atoms. The summed E-state index contributed by atoms with van der Waals surface area (Å²) in [4.78, 5) is 74.0. The third-order valence-electron chi connectivity index (χ3n) is 7.08. The molecular weight excluding hydrogens is 658 g/mol. The van der Waals surface area contributed by atoms with E-state index < -0.39 is 60.2 Å². The van der Waals surface area contributed by atoms with Crippen LogP contribution in [-0.4, -0.2) is 84.1 Å². The number of phenolic OH excluding ortho intramolecular Hbond substituents is 1. The Morgan fingerprint density at radius 3 is 2.34 bits per heavy atom. The van der Waals surface area contributed by atoms with Crippen molar-refractivity contribution >= 4 is 41.4 Å². The number of aliphatic hydroxyl groups is 1. The number of carbonyl (C=O) groups excluding carboxylic acids is 3. The highest BCUT2D eigenvalue weighted by atomic mass is 16.6. The molecule has 4 rings (SSSR count). The zero-order chi connectivity index (χ0) is 36.5. The van der Waals surface area contributed by atoms with E-state index in [1.54, 1.807) is 26.0 Å². The molecule has 2 aromatic carbocycles. The molecule has 18 heteroatoms. The van der Waals surface area contributed by atoms with Crippen molar-refractivity contribution in [1.82, 2.24) is 20.2 Å². The highest BCUT2D eigenvalue weighted by molar-refractivity contribution is 5.97. The average Bonchev–Trinajstić information content (AvgIpc) is 3.07. The van der Waals surface area contributed by atoms with Crippen LogP contribution in [0.1, 0.15) is 48.5 Å². The Morgan fingerprint density at radius 2 is 1.68 bits per heavy atom. The molecule has 18 nitrogen and oxygen atoms in total. The van der Waals surface area contributed by atoms with Gasteiger partial charge < -0.3 is 40.5 Å². The molecule has 0 fully saturated rings. The van der Waals surface area contributed by atoms with Gasteiger partial charge in [0.05, 0.1) is 6.67 Å². The zero-order valence-corrected chi connectivity index (χ0v) is 26.6. The van der Waals surface area contributed by atoms with Crippen LogP contribution >= 0.6 is 0 Å². The number of carbonyl (C=O) groups is 5. The average molecular weight is 692 g/mol. The SMILES string of the molecule is CC(C)c1c(OC(=O)CCC(NC(=O)c2ccc(NCN3C(O)=c4nccnc4=NC3N)cc2)C(=O)O)ccc(O)c1OC(=O)/C=C/C(=O)O. The molecule has 1 amide bonds. The number of hydrogen-bond donors (Lipinski definition) is 7. The summed E-state index contributed by atoms with van der Waals surface area (Å²) in [6, 6.07) is 6.88. The van der Waals surface area contributed by atoms with Crippen LogP contribution in [-0.2, 0) is 19.2 Å². The number of carboxylic acids is 2. The summed E-state index contributed by atoms with van der Waals surface area (Å²) in [6.45, 7) is 3.34. The predicted molar refractivity (Wildman–Crippen MR) is 172 cm³/mol. The van der Waals surface area contributed by atoms with Crippen LogP contribution in [0, 0.1) is 0 Å². The lowest BCUT2D eigenvalue weighted by Gasteiger charge is -2.29. The lowest BCUT2D eigenvalue weighted by atomic mass is 10.00. The number of ether oxygens (including phenoxy) is 2. The van der Waals surface area contributed by atoms with Crippen LogP contribution in [0.3, 0.4) is 0 Å². The number of phenols is 1. The van der Waals surface area contributed by atoms with Crippen LogP contribution in [0.5, 0.6) is 17.2 Å². The molecule has 1 aliphatic heterocycles. The maximum absolute atomic E-state index is 12.9. The Labute approximate surface area is 283 Å². The molecule has 262 valence electrons. The van der Waals surface area contributed by atoms with Gasteiger partial charge in [-0.3, -0.25) is 20.2 Å². The van der Waals surface area contributed by atoms with E-state index >= 15 is 0 Å². The topological polar surface area (TPSA) is 276 Å². The summed E-state index contributed by atoms with van der Waals surface area (Å²) >= 11 is 0. The number of esters is 2. The first-order valence-electron chi connectivity index (χ1n) is 14.9. The van der Waals surface area contributed by atoms with Crippen molar-refractivity contribution in [3.8, 4) is 17.2 Å². The number of benzene rings is 2. The lowest BCUT2D eigenvalue weighted by Crippen LogP contribution is -2.53. The highest BCUT2D eigenvalue weighted by Crippen LogP contribution is 2.41. The highest BCUT2D eigenvalue weighted by Gasteiger charge is 2.26. The van der Waals surface area contributed by atoms with Crippen LogP contribution in [0.2, 0.25) is 0 Å². The van der Waals surface area contributed by atoms with Gasteiger partial charge >= 0.3 is 23.9 Å². The van der Waals surface area contributed by atoms with Crippen molar-refractivity contribution in [2.45, 2.75) is 44.9 Å². The summed E-state index contributed by atoms with van der Waals surface area (Å²) < 4.78 is 10.5. The van der Waals surface area contributed by atoms with Crippen molar-refractivity contribution in [2.75, 3.05) is 12.0 Å². The van der Waals surface area contributed by atoms with Crippen LogP contribution < -0.4 is 36.7 Å². The van der Waals surface area contributed by atoms with Crippen molar-refractivity contribution < 1.29 is 53.9 Å². The Hall–Kier alpha value is -6.56. The van der Waals surface area contributed by atoms with E-state index in [-0.39, 0.29) is 52.4 Å².